The molecule has 1 unspecified atom stereocenters. The maximum absolute atomic E-state index is 12.8. The van der Waals surface area contributed by atoms with Crippen molar-refractivity contribution in [2.45, 2.75) is 30.8 Å². The summed E-state index contributed by atoms with van der Waals surface area (Å²) in [5.41, 5.74) is 2.17. The molecule has 5 nitrogen and oxygen atoms in total. The molecule has 28 heavy (non-hydrogen) atoms. The Bertz CT molecular complexity index is 1090. The monoisotopic (exact) mass is 413 g/mol. The third-order valence-electron chi connectivity index (χ3n) is 4.16. The maximum Gasteiger partial charge on any atom is 0.262 e. The Morgan fingerprint density at radius 2 is 2.04 bits per heavy atom. The zero-order chi connectivity index (χ0) is 20.3. The molecule has 0 aliphatic rings. The van der Waals surface area contributed by atoms with E-state index in [2.05, 4.69) is 16.9 Å². The maximum atomic E-state index is 12.8. The lowest BCUT2D eigenvalue weighted by molar-refractivity contribution is -0.115. The number of fused-ring (bicyclic) bond motifs is 1. The molecule has 0 radical (unpaired) electrons. The normalized spacial score (nSPS) is 12.0. The molecule has 0 fully saturated rings. The van der Waals surface area contributed by atoms with E-state index in [9.17, 15) is 9.59 Å². The molecule has 0 bridgehead atoms. The van der Waals surface area contributed by atoms with Crippen molar-refractivity contribution in [3.8, 4) is 0 Å². The summed E-state index contributed by atoms with van der Waals surface area (Å²) >= 11 is 7.27. The molecule has 7 heteroatoms. The molecule has 0 spiro atoms. The fourth-order valence-electron chi connectivity index (χ4n) is 2.65. The van der Waals surface area contributed by atoms with Gasteiger partial charge in [-0.15, -0.1) is 6.58 Å². The number of carbonyl (C=O) groups is 1. The van der Waals surface area contributed by atoms with Crippen LogP contribution in [-0.4, -0.2) is 20.7 Å². The van der Waals surface area contributed by atoms with Crippen LogP contribution in [-0.2, 0) is 11.3 Å². The Morgan fingerprint density at radius 3 is 2.71 bits per heavy atom. The van der Waals surface area contributed by atoms with Gasteiger partial charge in [0.1, 0.15) is 0 Å². The number of hydrogen-bond acceptors (Lipinski definition) is 4. The van der Waals surface area contributed by atoms with Gasteiger partial charge in [0.25, 0.3) is 5.56 Å². The third-order valence-corrected chi connectivity index (χ3v) is 5.49. The van der Waals surface area contributed by atoms with Crippen LogP contribution in [0, 0.1) is 6.92 Å². The molecule has 3 rings (SSSR count). The minimum Gasteiger partial charge on any atom is -0.325 e. The molecule has 1 atom stereocenters. The van der Waals surface area contributed by atoms with Gasteiger partial charge in [-0.1, -0.05) is 47.1 Å². The molecule has 1 amide bonds. The van der Waals surface area contributed by atoms with E-state index < -0.39 is 5.25 Å². The van der Waals surface area contributed by atoms with Crippen molar-refractivity contribution in [3.05, 3.63) is 76.1 Å². The van der Waals surface area contributed by atoms with Crippen molar-refractivity contribution in [1.82, 2.24) is 9.55 Å². The number of hydrogen-bond donors (Lipinski definition) is 1. The van der Waals surface area contributed by atoms with Gasteiger partial charge in [-0.05, 0) is 44.2 Å². The lowest BCUT2D eigenvalue weighted by Crippen LogP contribution is -2.26. The van der Waals surface area contributed by atoms with Crippen LogP contribution >= 0.6 is 23.4 Å². The zero-order valence-electron chi connectivity index (χ0n) is 15.6. The number of amides is 1. The second-order valence-corrected chi connectivity index (χ2v) is 8.12. The molecule has 1 heterocycles. The Kier molecular flexibility index (Phi) is 6.21. The minimum atomic E-state index is -0.457. The van der Waals surface area contributed by atoms with Crippen LogP contribution < -0.4 is 10.9 Å². The highest BCUT2D eigenvalue weighted by Gasteiger charge is 2.19. The molecule has 144 valence electrons. The summed E-state index contributed by atoms with van der Waals surface area (Å²) in [5.74, 6) is -0.167. The lowest BCUT2D eigenvalue weighted by Gasteiger charge is -2.15. The lowest BCUT2D eigenvalue weighted by atomic mass is 10.2. The fourth-order valence-corrected chi connectivity index (χ4v) is 3.73. The summed E-state index contributed by atoms with van der Waals surface area (Å²) in [5, 5.41) is 3.86. The second kappa shape index (κ2) is 8.63. The predicted molar refractivity (Wildman–Crippen MR) is 116 cm³/mol. The predicted octanol–water partition coefficient (Wildman–Crippen LogP) is 4.66. The number of carbonyl (C=O) groups excluding carboxylic acids is 1. The number of thioether (sulfide) groups is 1. The zero-order valence-corrected chi connectivity index (χ0v) is 17.2. The van der Waals surface area contributed by atoms with Gasteiger partial charge in [0.2, 0.25) is 5.91 Å². The number of rotatable bonds is 6. The highest BCUT2D eigenvalue weighted by Crippen LogP contribution is 2.25. The van der Waals surface area contributed by atoms with E-state index in [0.29, 0.717) is 27.6 Å². The highest BCUT2D eigenvalue weighted by molar-refractivity contribution is 8.00. The van der Waals surface area contributed by atoms with Crippen molar-refractivity contribution < 1.29 is 4.79 Å². The van der Waals surface area contributed by atoms with Crippen molar-refractivity contribution in [1.29, 1.82) is 0 Å². The minimum absolute atomic E-state index is 0.167. The van der Waals surface area contributed by atoms with Crippen LogP contribution in [0.25, 0.3) is 10.9 Å². The number of aromatic nitrogens is 2. The Morgan fingerprint density at radius 1 is 1.32 bits per heavy atom. The Hall–Kier alpha value is -2.57. The SMILES string of the molecule is C=CCn1c(SC(C)C(=O)Nc2ccc(C)cc2)nc2cc(Cl)ccc2c1=O. The summed E-state index contributed by atoms with van der Waals surface area (Å²) in [6.07, 6.45) is 1.63. The van der Waals surface area contributed by atoms with E-state index in [0.717, 1.165) is 11.3 Å². The summed E-state index contributed by atoms with van der Waals surface area (Å²) in [4.78, 5) is 30.0. The molecule has 3 aromatic rings. The molecule has 2 aromatic carbocycles. The van der Waals surface area contributed by atoms with Gasteiger partial charge in [0.05, 0.1) is 16.2 Å². The van der Waals surface area contributed by atoms with Crippen LogP contribution in [0.3, 0.4) is 0 Å². The first-order valence-electron chi connectivity index (χ1n) is 8.74. The first-order chi connectivity index (χ1) is 13.4. The number of halogens is 1. The number of benzene rings is 2. The van der Waals surface area contributed by atoms with Gasteiger partial charge in [-0.3, -0.25) is 14.2 Å². The molecule has 0 aliphatic heterocycles. The second-order valence-electron chi connectivity index (χ2n) is 6.38. The van der Waals surface area contributed by atoms with E-state index in [4.69, 9.17) is 11.6 Å². The molecule has 1 aromatic heterocycles. The first-order valence-corrected chi connectivity index (χ1v) is 10.00. The molecule has 0 aliphatic carbocycles. The quantitative estimate of drug-likeness (QED) is 0.362. The molecule has 0 saturated carbocycles. The van der Waals surface area contributed by atoms with Crippen molar-refractivity contribution >= 4 is 45.9 Å². The van der Waals surface area contributed by atoms with Crippen molar-refractivity contribution in [3.63, 3.8) is 0 Å². The number of allylic oxidation sites excluding steroid dienone is 1. The Balaban J connectivity index is 1.90. The smallest absolute Gasteiger partial charge is 0.262 e. The van der Waals surface area contributed by atoms with Crippen LogP contribution in [0.5, 0.6) is 0 Å². The average Bonchev–Trinajstić information content (AvgIpc) is 2.66. The number of nitrogens with zero attached hydrogens (tertiary/aromatic N) is 2. The van der Waals surface area contributed by atoms with E-state index in [1.165, 1.54) is 16.3 Å². The van der Waals surface area contributed by atoms with Crippen molar-refractivity contribution in [2.75, 3.05) is 5.32 Å². The van der Waals surface area contributed by atoms with Gasteiger partial charge in [-0.25, -0.2) is 4.98 Å². The van der Waals surface area contributed by atoms with Gasteiger partial charge < -0.3 is 5.32 Å². The Labute approximate surface area is 172 Å². The van der Waals surface area contributed by atoms with Gasteiger partial charge in [0.15, 0.2) is 5.16 Å². The molecule has 1 N–H and O–H groups in total. The first kappa shape index (κ1) is 20.2. The molecule has 0 saturated heterocycles. The van der Waals surface area contributed by atoms with E-state index in [-0.39, 0.29) is 11.5 Å². The van der Waals surface area contributed by atoms with E-state index in [1.807, 2.05) is 31.2 Å². The third kappa shape index (κ3) is 4.46. The number of aryl methyl sites for hydroxylation is 1. The topological polar surface area (TPSA) is 64.0 Å². The van der Waals surface area contributed by atoms with Crippen LogP contribution in [0.1, 0.15) is 12.5 Å². The number of nitrogens with one attached hydrogen (secondary N) is 1. The van der Waals surface area contributed by atoms with Crippen LogP contribution in [0.15, 0.2) is 65.1 Å². The summed E-state index contributed by atoms with van der Waals surface area (Å²) in [7, 11) is 0. The van der Waals surface area contributed by atoms with Crippen LogP contribution in [0.4, 0.5) is 5.69 Å². The van der Waals surface area contributed by atoms with Crippen LogP contribution in [0.2, 0.25) is 5.02 Å². The summed E-state index contributed by atoms with van der Waals surface area (Å²) < 4.78 is 1.52. The standard InChI is InChI=1S/C21H20ClN3O2S/c1-4-11-25-20(27)17-10-7-15(22)12-18(17)24-21(25)28-14(3)19(26)23-16-8-5-13(2)6-9-16/h4-10,12,14H,1,11H2,2-3H3,(H,23,26). The average molecular weight is 414 g/mol. The summed E-state index contributed by atoms with van der Waals surface area (Å²) in [6, 6.07) is 12.6. The van der Waals surface area contributed by atoms with Crippen molar-refractivity contribution in [2.24, 2.45) is 0 Å². The highest BCUT2D eigenvalue weighted by atomic mass is 35.5. The molecular formula is C21H20ClN3O2S. The number of anilines is 1. The fraction of sp³-hybridized carbons (Fsp3) is 0.190. The van der Waals surface area contributed by atoms with Gasteiger partial charge >= 0.3 is 0 Å². The summed E-state index contributed by atoms with van der Waals surface area (Å²) in [6.45, 7) is 7.78. The molecular weight excluding hydrogens is 394 g/mol. The van der Waals surface area contributed by atoms with Gasteiger partial charge in [-0.2, -0.15) is 0 Å². The van der Waals surface area contributed by atoms with Gasteiger partial charge in [0, 0.05) is 17.3 Å². The van der Waals surface area contributed by atoms with E-state index in [1.54, 1.807) is 31.2 Å². The van der Waals surface area contributed by atoms with E-state index >= 15 is 0 Å². The largest absolute Gasteiger partial charge is 0.325 e.